The molecular weight excluding hydrogens is 306 g/mol. The van der Waals surface area contributed by atoms with E-state index in [-0.39, 0.29) is 6.54 Å². The highest BCUT2D eigenvalue weighted by molar-refractivity contribution is 7.90. The summed E-state index contributed by atoms with van der Waals surface area (Å²) in [5.41, 5.74) is -1.20. The Balaban J connectivity index is 3.04. The number of rotatable bonds is 7. The van der Waals surface area contributed by atoms with Crippen LogP contribution < -0.4 is 4.72 Å². The standard InChI is InChI=1S/C10H13N3O7S/c1-12(6-5-9(15)16)21(19,20)11-10-7(13(17)18)3-2-4-8(10)14/h2-4,11,14H,5-6H2,1H3,(H,15,16). The molecule has 0 saturated carbocycles. The lowest BCUT2D eigenvalue weighted by molar-refractivity contribution is -0.384. The number of hydrogen-bond donors (Lipinski definition) is 3. The molecule has 1 rings (SSSR count). The van der Waals surface area contributed by atoms with Gasteiger partial charge in [-0.2, -0.15) is 12.7 Å². The first kappa shape index (κ1) is 16.7. The summed E-state index contributed by atoms with van der Waals surface area (Å²) in [6.45, 7) is -0.327. The maximum atomic E-state index is 11.9. The van der Waals surface area contributed by atoms with Crippen molar-refractivity contribution in [3.05, 3.63) is 28.3 Å². The van der Waals surface area contributed by atoms with Crippen LogP contribution in [0.15, 0.2) is 18.2 Å². The zero-order valence-corrected chi connectivity index (χ0v) is 11.7. The van der Waals surface area contributed by atoms with E-state index in [1.54, 1.807) is 0 Å². The first-order chi connectivity index (χ1) is 9.65. The number of nitrogens with one attached hydrogen (secondary N) is 1. The van der Waals surface area contributed by atoms with Gasteiger partial charge in [0, 0.05) is 19.7 Å². The van der Waals surface area contributed by atoms with E-state index >= 15 is 0 Å². The molecule has 0 aromatic heterocycles. The van der Waals surface area contributed by atoms with Gasteiger partial charge in [-0.25, -0.2) is 0 Å². The molecule has 0 atom stereocenters. The van der Waals surface area contributed by atoms with E-state index in [0.717, 1.165) is 19.2 Å². The van der Waals surface area contributed by atoms with E-state index in [4.69, 9.17) is 5.11 Å². The number of aliphatic carboxylic acids is 1. The topological polar surface area (TPSA) is 150 Å². The quantitative estimate of drug-likeness (QED) is 0.373. The van der Waals surface area contributed by atoms with E-state index in [2.05, 4.69) is 0 Å². The Bertz CT molecular complexity index is 659. The van der Waals surface area contributed by atoms with Gasteiger partial charge in [0.1, 0.15) is 5.75 Å². The van der Waals surface area contributed by atoms with Crippen LogP contribution in [0.5, 0.6) is 5.75 Å². The largest absolute Gasteiger partial charge is 0.505 e. The van der Waals surface area contributed by atoms with Gasteiger partial charge in [0.15, 0.2) is 5.69 Å². The van der Waals surface area contributed by atoms with Crippen LogP contribution in [0.3, 0.4) is 0 Å². The van der Waals surface area contributed by atoms with Gasteiger partial charge in [0.2, 0.25) is 0 Å². The zero-order chi connectivity index (χ0) is 16.2. The van der Waals surface area contributed by atoms with Crippen molar-refractivity contribution in [2.24, 2.45) is 0 Å². The van der Waals surface area contributed by atoms with Crippen LogP contribution in [-0.4, -0.2) is 47.4 Å². The molecule has 0 bridgehead atoms. The number of nitro benzene ring substituents is 1. The van der Waals surface area contributed by atoms with E-state index in [1.165, 1.54) is 6.07 Å². The molecule has 0 aliphatic heterocycles. The third-order valence-corrected chi connectivity index (χ3v) is 3.96. The number of phenolic OH excluding ortho intramolecular Hbond substituents is 1. The van der Waals surface area contributed by atoms with Crippen LogP contribution >= 0.6 is 0 Å². The Morgan fingerprint density at radius 2 is 2.10 bits per heavy atom. The normalized spacial score (nSPS) is 11.3. The Morgan fingerprint density at radius 3 is 2.62 bits per heavy atom. The first-order valence-corrected chi connectivity index (χ1v) is 7.01. The molecule has 0 unspecified atom stereocenters. The van der Waals surface area contributed by atoms with Crippen LogP contribution in [0.25, 0.3) is 0 Å². The summed E-state index contributed by atoms with van der Waals surface area (Å²) < 4.78 is 26.4. The van der Waals surface area contributed by atoms with Crippen LogP contribution in [0.2, 0.25) is 0 Å². The second kappa shape index (κ2) is 6.37. The number of hydrogen-bond acceptors (Lipinski definition) is 6. The fourth-order valence-electron chi connectivity index (χ4n) is 1.37. The molecule has 0 spiro atoms. The predicted molar refractivity (Wildman–Crippen MR) is 72.2 cm³/mol. The summed E-state index contributed by atoms with van der Waals surface area (Å²) in [6.07, 6.45) is -0.430. The summed E-state index contributed by atoms with van der Waals surface area (Å²) in [5, 5.41) is 28.9. The van der Waals surface area contributed by atoms with Gasteiger partial charge < -0.3 is 10.2 Å². The Kier molecular flexibility index (Phi) is 5.05. The van der Waals surface area contributed by atoms with Gasteiger partial charge in [0.25, 0.3) is 5.69 Å². The number of nitro groups is 1. The molecule has 0 fully saturated rings. The highest BCUT2D eigenvalue weighted by Crippen LogP contribution is 2.34. The number of nitrogens with zero attached hydrogens (tertiary/aromatic N) is 2. The first-order valence-electron chi connectivity index (χ1n) is 5.57. The summed E-state index contributed by atoms with van der Waals surface area (Å²) >= 11 is 0. The molecule has 3 N–H and O–H groups in total. The van der Waals surface area contributed by atoms with Gasteiger partial charge in [-0.1, -0.05) is 6.07 Å². The van der Waals surface area contributed by atoms with Gasteiger partial charge in [-0.05, 0) is 6.07 Å². The predicted octanol–water partition coefficient (Wildman–Crippen LogP) is 0.364. The SMILES string of the molecule is CN(CCC(=O)O)S(=O)(=O)Nc1c(O)cccc1[N+](=O)[O-]. The number of phenols is 1. The third-order valence-electron chi connectivity index (χ3n) is 2.50. The second-order valence-corrected chi connectivity index (χ2v) is 5.78. The average molecular weight is 319 g/mol. The summed E-state index contributed by atoms with van der Waals surface area (Å²) in [5.74, 6) is -1.80. The number of benzene rings is 1. The van der Waals surface area contributed by atoms with Gasteiger partial charge >= 0.3 is 16.2 Å². The molecular formula is C10H13N3O7S. The summed E-state index contributed by atoms with van der Waals surface area (Å²) in [7, 11) is -3.12. The third kappa shape index (κ3) is 4.29. The molecule has 0 saturated heterocycles. The molecule has 0 aliphatic carbocycles. The van der Waals surface area contributed by atoms with Gasteiger partial charge in [-0.15, -0.1) is 0 Å². The van der Waals surface area contributed by atoms with Crippen molar-refractivity contribution in [3.63, 3.8) is 0 Å². The molecule has 116 valence electrons. The Hall–Kier alpha value is -2.40. The van der Waals surface area contributed by atoms with Crippen molar-refractivity contribution in [1.29, 1.82) is 0 Å². The maximum Gasteiger partial charge on any atom is 0.304 e. The molecule has 21 heavy (non-hydrogen) atoms. The van der Waals surface area contributed by atoms with Crippen molar-refractivity contribution < 1.29 is 28.3 Å². The average Bonchev–Trinajstić information content (AvgIpc) is 2.37. The van der Waals surface area contributed by atoms with Gasteiger partial charge in [0.05, 0.1) is 11.3 Å². The van der Waals surface area contributed by atoms with E-state index in [9.17, 15) is 28.4 Å². The van der Waals surface area contributed by atoms with Crippen molar-refractivity contribution >= 4 is 27.6 Å². The fraction of sp³-hybridized carbons (Fsp3) is 0.300. The maximum absolute atomic E-state index is 11.9. The monoisotopic (exact) mass is 319 g/mol. The summed E-state index contributed by atoms with van der Waals surface area (Å²) in [6, 6.07) is 3.30. The van der Waals surface area contributed by atoms with E-state index < -0.39 is 44.6 Å². The van der Waals surface area contributed by atoms with E-state index in [0.29, 0.717) is 4.31 Å². The second-order valence-electron chi connectivity index (χ2n) is 4.00. The Morgan fingerprint density at radius 1 is 1.48 bits per heavy atom. The highest BCUT2D eigenvalue weighted by atomic mass is 32.2. The molecule has 10 nitrogen and oxygen atoms in total. The summed E-state index contributed by atoms with van der Waals surface area (Å²) in [4.78, 5) is 20.4. The van der Waals surface area contributed by atoms with Crippen LogP contribution in [0, 0.1) is 10.1 Å². The number of aromatic hydroxyl groups is 1. The number of carboxylic acids is 1. The minimum Gasteiger partial charge on any atom is -0.505 e. The smallest absolute Gasteiger partial charge is 0.304 e. The molecule has 11 heteroatoms. The lowest BCUT2D eigenvalue weighted by Gasteiger charge is -2.17. The van der Waals surface area contributed by atoms with Crippen molar-refractivity contribution in [1.82, 2.24) is 4.31 Å². The lowest BCUT2D eigenvalue weighted by atomic mass is 10.2. The lowest BCUT2D eigenvalue weighted by Crippen LogP contribution is -2.34. The van der Waals surface area contributed by atoms with Crippen LogP contribution in [-0.2, 0) is 15.0 Å². The van der Waals surface area contributed by atoms with Crippen LogP contribution in [0.4, 0.5) is 11.4 Å². The van der Waals surface area contributed by atoms with E-state index in [1.807, 2.05) is 4.72 Å². The van der Waals surface area contributed by atoms with Crippen molar-refractivity contribution in [2.75, 3.05) is 18.3 Å². The Labute approximate surface area is 119 Å². The molecule has 0 heterocycles. The van der Waals surface area contributed by atoms with Gasteiger partial charge in [-0.3, -0.25) is 19.6 Å². The minimum atomic E-state index is -4.23. The molecule has 0 radical (unpaired) electrons. The number of anilines is 1. The number of carbonyl (C=O) groups is 1. The van der Waals surface area contributed by atoms with Crippen molar-refractivity contribution in [3.8, 4) is 5.75 Å². The number of para-hydroxylation sites is 1. The molecule has 0 amide bonds. The zero-order valence-electron chi connectivity index (χ0n) is 10.9. The molecule has 1 aromatic carbocycles. The van der Waals surface area contributed by atoms with Crippen LogP contribution in [0.1, 0.15) is 6.42 Å². The highest BCUT2D eigenvalue weighted by Gasteiger charge is 2.25. The van der Waals surface area contributed by atoms with Crippen molar-refractivity contribution in [2.45, 2.75) is 6.42 Å². The molecule has 0 aliphatic rings. The molecule has 1 aromatic rings. The fourth-order valence-corrected chi connectivity index (χ4v) is 2.32. The number of carboxylic acid groups (broad SMARTS) is 1. The minimum absolute atomic E-state index is 0.327.